The molecule has 0 radical (unpaired) electrons. The van der Waals surface area contributed by atoms with Crippen LogP contribution in [0.5, 0.6) is 5.75 Å². The van der Waals surface area contributed by atoms with Gasteiger partial charge in [0.05, 0.1) is 49.1 Å². The topological polar surface area (TPSA) is 48.6 Å². The molecule has 1 aliphatic rings. The summed E-state index contributed by atoms with van der Waals surface area (Å²) in [5.74, 6) is 1.61. The summed E-state index contributed by atoms with van der Waals surface area (Å²) in [4.78, 5) is 19.8. The van der Waals surface area contributed by atoms with E-state index in [9.17, 15) is 4.79 Å². The van der Waals surface area contributed by atoms with Crippen molar-refractivity contribution in [1.29, 1.82) is 0 Å². The Bertz CT molecular complexity index is 1010. The fraction of sp³-hybridized carbons (Fsp3) is 0.364. The molecule has 0 aliphatic carbocycles. The molecule has 2 aromatic carbocycles. The summed E-state index contributed by atoms with van der Waals surface area (Å²) in [6.07, 6.45) is 4.00. The average molecular weight is 397 g/mol. The molecule has 0 atom stereocenters. The Kier molecular flexibility index (Phi) is 5.98. The Morgan fingerprint density at radius 3 is 2.64 bits per heavy atom. The lowest BCUT2D eigenvalue weighted by Gasteiger charge is -2.23. The van der Waals surface area contributed by atoms with E-state index >= 15 is 0 Å². The molecule has 3 aromatic rings. The van der Waals surface area contributed by atoms with E-state index in [0.29, 0.717) is 11.1 Å². The van der Waals surface area contributed by atoms with Crippen LogP contribution in [0, 0.1) is 0 Å². The lowest BCUT2D eigenvalue weighted by Crippen LogP contribution is -3.13. The fourth-order valence-electron chi connectivity index (χ4n) is 3.82. The minimum Gasteiger partial charge on any atom is -0.495 e. The van der Waals surface area contributed by atoms with Crippen molar-refractivity contribution in [1.82, 2.24) is 9.55 Å². The number of hydrogen-bond donors (Lipinski definition) is 1. The predicted molar refractivity (Wildman–Crippen MR) is 114 cm³/mol. The van der Waals surface area contributed by atoms with Crippen LogP contribution in [0.2, 0.25) is 0 Å². The number of hydrogen-bond acceptors (Lipinski definition) is 4. The standard InChI is InChI=1S/C22H25N3O2S/c1-27-20-12-6-5-11-19(20)25-21(26)17-9-3-4-10-18(17)23-22(25)28-16-15-24-13-7-2-8-14-24/h3-6,9-12H,2,7-8,13-16H2,1H3/p+1. The molecule has 1 fully saturated rings. The Labute approximate surface area is 169 Å². The zero-order chi connectivity index (χ0) is 19.3. The summed E-state index contributed by atoms with van der Waals surface area (Å²) >= 11 is 1.66. The molecule has 0 bridgehead atoms. The molecule has 0 saturated carbocycles. The first-order valence-electron chi connectivity index (χ1n) is 9.89. The second-order valence-corrected chi connectivity index (χ2v) is 8.20. The smallest absolute Gasteiger partial charge is 0.266 e. The monoisotopic (exact) mass is 396 g/mol. The van der Waals surface area contributed by atoms with Gasteiger partial charge in [-0.1, -0.05) is 36.0 Å². The highest BCUT2D eigenvalue weighted by Crippen LogP contribution is 2.26. The SMILES string of the molecule is COc1ccccc1-n1c(SCC[NH+]2CCCCC2)nc2ccccc2c1=O. The normalized spacial score (nSPS) is 15.0. The average Bonchev–Trinajstić information content (AvgIpc) is 2.75. The van der Waals surface area contributed by atoms with Gasteiger partial charge in [-0.3, -0.25) is 9.36 Å². The lowest BCUT2D eigenvalue weighted by atomic mass is 10.1. The summed E-state index contributed by atoms with van der Waals surface area (Å²) in [5.41, 5.74) is 1.43. The summed E-state index contributed by atoms with van der Waals surface area (Å²) in [6, 6.07) is 15.2. The summed E-state index contributed by atoms with van der Waals surface area (Å²) < 4.78 is 7.23. The van der Waals surface area contributed by atoms with Crippen molar-refractivity contribution in [3.8, 4) is 11.4 Å². The molecule has 146 valence electrons. The number of quaternary nitrogens is 1. The van der Waals surface area contributed by atoms with Gasteiger partial charge >= 0.3 is 0 Å². The van der Waals surface area contributed by atoms with Gasteiger partial charge in [-0.25, -0.2) is 4.98 Å². The van der Waals surface area contributed by atoms with Gasteiger partial charge in [-0.2, -0.15) is 0 Å². The molecule has 1 saturated heterocycles. The predicted octanol–water partition coefficient (Wildman–Crippen LogP) is 2.56. The van der Waals surface area contributed by atoms with E-state index in [-0.39, 0.29) is 5.56 Å². The van der Waals surface area contributed by atoms with E-state index in [2.05, 4.69) is 0 Å². The third-order valence-electron chi connectivity index (χ3n) is 5.32. The Morgan fingerprint density at radius 2 is 1.82 bits per heavy atom. The number of ether oxygens (including phenoxy) is 1. The van der Waals surface area contributed by atoms with Crippen LogP contribution < -0.4 is 15.2 Å². The van der Waals surface area contributed by atoms with Crippen LogP contribution >= 0.6 is 11.8 Å². The third kappa shape index (κ3) is 3.93. The number of piperidine rings is 1. The summed E-state index contributed by atoms with van der Waals surface area (Å²) in [5, 5.41) is 1.35. The van der Waals surface area contributed by atoms with Crippen LogP contribution in [0.1, 0.15) is 19.3 Å². The van der Waals surface area contributed by atoms with Crippen molar-refractivity contribution in [3.05, 3.63) is 58.9 Å². The van der Waals surface area contributed by atoms with Gasteiger partial charge in [0.15, 0.2) is 5.16 Å². The Morgan fingerprint density at radius 1 is 1.07 bits per heavy atom. The maximum absolute atomic E-state index is 13.3. The molecule has 1 aliphatic heterocycles. The number of nitrogens with zero attached hydrogens (tertiary/aromatic N) is 2. The molecule has 0 spiro atoms. The maximum atomic E-state index is 13.3. The number of benzene rings is 2. The van der Waals surface area contributed by atoms with Gasteiger partial charge in [-0.15, -0.1) is 0 Å². The minimum atomic E-state index is -0.0529. The molecule has 4 rings (SSSR count). The van der Waals surface area contributed by atoms with Crippen LogP contribution in [0.25, 0.3) is 16.6 Å². The number of para-hydroxylation sites is 3. The van der Waals surface area contributed by atoms with Gasteiger partial charge in [0.25, 0.3) is 5.56 Å². The maximum Gasteiger partial charge on any atom is 0.266 e. The zero-order valence-corrected chi connectivity index (χ0v) is 17.0. The second kappa shape index (κ2) is 8.80. The van der Waals surface area contributed by atoms with E-state index in [1.807, 2.05) is 48.5 Å². The Balaban J connectivity index is 1.72. The van der Waals surface area contributed by atoms with Crippen molar-refractivity contribution in [3.63, 3.8) is 0 Å². The number of methoxy groups -OCH3 is 1. The van der Waals surface area contributed by atoms with E-state index in [1.54, 1.807) is 28.3 Å². The largest absolute Gasteiger partial charge is 0.495 e. The number of aromatic nitrogens is 2. The molecule has 1 aromatic heterocycles. The zero-order valence-electron chi connectivity index (χ0n) is 16.2. The quantitative estimate of drug-likeness (QED) is 0.514. The summed E-state index contributed by atoms with van der Waals surface area (Å²) in [6.45, 7) is 3.61. The first-order chi connectivity index (χ1) is 13.8. The highest BCUT2D eigenvalue weighted by molar-refractivity contribution is 7.99. The van der Waals surface area contributed by atoms with Crippen LogP contribution in [-0.4, -0.2) is 42.0 Å². The molecule has 28 heavy (non-hydrogen) atoms. The van der Waals surface area contributed by atoms with Crippen LogP contribution in [-0.2, 0) is 0 Å². The first-order valence-corrected chi connectivity index (χ1v) is 10.9. The molecular formula is C22H26N3O2S+. The van der Waals surface area contributed by atoms with Crippen LogP contribution in [0.4, 0.5) is 0 Å². The second-order valence-electron chi connectivity index (χ2n) is 7.13. The van der Waals surface area contributed by atoms with E-state index in [4.69, 9.17) is 9.72 Å². The van der Waals surface area contributed by atoms with Gasteiger partial charge < -0.3 is 9.64 Å². The molecule has 0 unspecified atom stereocenters. The number of thioether (sulfide) groups is 1. The molecule has 0 amide bonds. The molecular weight excluding hydrogens is 370 g/mol. The highest BCUT2D eigenvalue weighted by Gasteiger charge is 2.18. The lowest BCUT2D eigenvalue weighted by molar-refractivity contribution is -0.902. The van der Waals surface area contributed by atoms with Gasteiger partial charge in [0.2, 0.25) is 0 Å². The van der Waals surface area contributed by atoms with E-state index in [0.717, 1.165) is 28.7 Å². The number of likely N-dealkylation sites (tertiary alicyclic amines) is 1. The molecule has 6 heteroatoms. The molecule has 1 N–H and O–H groups in total. The van der Waals surface area contributed by atoms with E-state index < -0.39 is 0 Å². The number of nitrogens with one attached hydrogen (secondary N) is 1. The van der Waals surface area contributed by atoms with Gasteiger partial charge in [0, 0.05) is 0 Å². The molecule has 5 nitrogen and oxygen atoms in total. The Hall–Kier alpha value is -2.31. The van der Waals surface area contributed by atoms with Crippen molar-refractivity contribution in [2.24, 2.45) is 0 Å². The molecule has 2 heterocycles. The van der Waals surface area contributed by atoms with Crippen molar-refractivity contribution in [2.75, 3.05) is 32.5 Å². The first kappa shape index (κ1) is 19.0. The van der Waals surface area contributed by atoms with Crippen LogP contribution in [0.3, 0.4) is 0 Å². The number of rotatable bonds is 6. The number of fused-ring (bicyclic) bond motifs is 1. The van der Waals surface area contributed by atoms with Gasteiger partial charge in [0.1, 0.15) is 5.75 Å². The van der Waals surface area contributed by atoms with Gasteiger partial charge in [-0.05, 0) is 43.5 Å². The van der Waals surface area contributed by atoms with Crippen molar-refractivity contribution in [2.45, 2.75) is 24.4 Å². The van der Waals surface area contributed by atoms with Crippen molar-refractivity contribution >= 4 is 22.7 Å². The van der Waals surface area contributed by atoms with E-state index in [1.165, 1.54) is 32.4 Å². The third-order valence-corrected chi connectivity index (χ3v) is 6.26. The van der Waals surface area contributed by atoms with Crippen molar-refractivity contribution < 1.29 is 9.64 Å². The van der Waals surface area contributed by atoms with Crippen LogP contribution in [0.15, 0.2) is 58.5 Å². The minimum absolute atomic E-state index is 0.0529. The summed E-state index contributed by atoms with van der Waals surface area (Å²) in [7, 11) is 1.63. The highest BCUT2D eigenvalue weighted by atomic mass is 32.2. The fourth-order valence-corrected chi connectivity index (χ4v) is 4.87.